The van der Waals surface area contributed by atoms with Gasteiger partial charge in [-0.25, -0.2) is 9.97 Å². The van der Waals surface area contributed by atoms with Crippen LogP contribution in [0.3, 0.4) is 0 Å². The van der Waals surface area contributed by atoms with Gasteiger partial charge in [-0.2, -0.15) is 0 Å². The molecule has 1 aliphatic rings. The highest BCUT2D eigenvalue weighted by Crippen LogP contribution is 2.26. The molecule has 0 saturated carbocycles. The fourth-order valence-corrected chi connectivity index (χ4v) is 3.17. The smallest absolute Gasteiger partial charge is 0.147 e. The standard InChI is InChI=1S/C12H16N4S/c1-16-5-2-3-9(7-16)15-12-11-10(4-6-17-11)13-8-14-12/h4,6,8-9H,2-3,5,7H2,1H3,(H,13,14,15). The first-order valence-electron chi connectivity index (χ1n) is 5.96. The summed E-state index contributed by atoms with van der Waals surface area (Å²) in [6.07, 6.45) is 4.12. The van der Waals surface area contributed by atoms with Gasteiger partial charge in [0.2, 0.25) is 0 Å². The highest BCUT2D eigenvalue weighted by molar-refractivity contribution is 7.17. The number of piperidine rings is 1. The average Bonchev–Trinajstić information content (AvgIpc) is 2.78. The Morgan fingerprint density at radius 1 is 1.47 bits per heavy atom. The van der Waals surface area contributed by atoms with E-state index in [1.54, 1.807) is 17.7 Å². The third-order valence-corrected chi connectivity index (χ3v) is 4.12. The number of fused-ring (bicyclic) bond motifs is 1. The highest BCUT2D eigenvalue weighted by Gasteiger charge is 2.18. The van der Waals surface area contributed by atoms with Gasteiger partial charge in [-0.1, -0.05) is 0 Å². The summed E-state index contributed by atoms with van der Waals surface area (Å²) in [5.41, 5.74) is 1.04. The molecule has 1 aliphatic heterocycles. The molecule has 4 nitrogen and oxygen atoms in total. The highest BCUT2D eigenvalue weighted by atomic mass is 32.1. The summed E-state index contributed by atoms with van der Waals surface area (Å²) in [4.78, 5) is 11.0. The van der Waals surface area contributed by atoms with Gasteiger partial charge in [-0.3, -0.25) is 0 Å². The number of aromatic nitrogens is 2. The lowest BCUT2D eigenvalue weighted by molar-refractivity contribution is 0.261. The van der Waals surface area contributed by atoms with Gasteiger partial charge in [-0.05, 0) is 37.9 Å². The molecule has 1 N–H and O–H groups in total. The van der Waals surface area contributed by atoms with Crippen LogP contribution in [0, 0.1) is 0 Å². The van der Waals surface area contributed by atoms with E-state index in [0.717, 1.165) is 17.9 Å². The number of nitrogens with zero attached hydrogens (tertiary/aromatic N) is 3. The molecule has 3 rings (SSSR count). The maximum Gasteiger partial charge on any atom is 0.147 e. The molecule has 0 aromatic carbocycles. The van der Waals surface area contributed by atoms with Crippen LogP contribution in [-0.4, -0.2) is 41.0 Å². The van der Waals surface area contributed by atoms with Crippen molar-refractivity contribution >= 4 is 27.4 Å². The van der Waals surface area contributed by atoms with Gasteiger partial charge in [-0.15, -0.1) is 11.3 Å². The van der Waals surface area contributed by atoms with E-state index in [2.05, 4.69) is 32.6 Å². The van der Waals surface area contributed by atoms with Crippen molar-refractivity contribution in [3.8, 4) is 0 Å². The second-order valence-corrected chi connectivity index (χ2v) is 5.52. The topological polar surface area (TPSA) is 41.0 Å². The molecule has 2 aromatic heterocycles. The fourth-order valence-electron chi connectivity index (χ4n) is 2.37. The maximum absolute atomic E-state index is 4.37. The summed E-state index contributed by atoms with van der Waals surface area (Å²) in [5, 5.41) is 5.62. The number of hydrogen-bond donors (Lipinski definition) is 1. The van der Waals surface area contributed by atoms with Crippen molar-refractivity contribution < 1.29 is 0 Å². The van der Waals surface area contributed by atoms with Crippen LogP contribution in [0.2, 0.25) is 0 Å². The van der Waals surface area contributed by atoms with Crippen molar-refractivity contribution in [3.63, 3.8) is 0 Å². The van der Waals surface area contributed by atoms with E-state index in [0.29, 0.717) is 6.04 Å². The van der Waals surface area contributed by atoms with Crippen molar-refractivity contribution in [2.24, 2.45) is 0 Å². The molecule has 0 spiro atoms. The Labute approximate surface area is 105 Å². The summed E-state index contributed by atoms with van der Waals surface area (Å²) >= 11 is 1.70. The Hall–Kier alpha value is -1.20. The quantitative estimate of drug-likeness (QED) is 0.884. The summed E-state index contributed by atoms with van der Waals surface area (Å²) in [6, 6.07) is 2.55. The van der Waals surface area contributed by atoms with E-state index < -0.39 is 0 Å². The van der Waals surface area contributed by atoms with Crippen molar-refractivity contribution in [3.05, 3.63) is 17.8 Å². The minimum absolute atomic E-state index is 0.508. The Bertz CT molecular complexity index is 510. The van der Waals surface area contributed by atoms with E-state index in [-0.39, 0.29) is 0 Å². The molecule has 2 aromatic rings. The number of anilines is 1. The Kier molecular flexibility index (Phi) is 2.94. The Balaban J connectivity index is 1.82. The van der Waals surface area contributed by atoms with E-state index >= 15 is 0 Å². The minimum atomic E-state index is 0.508. The largest absolute Gasteiger partial charge is 0.365 e. The van der Waals surface area contributed by atoms with Crippen LogP contribution >= 0.6 is 11.3 Å². The lowest BCUT2D eigenvalue weighted by Crippen LogP contribution is -2.39. The number of rotatable bonds is 2. The number of hydrogen-bond acceptors (Lipinski definition) is 5. The summed E-state index contributed by atoms with van der Waals surface area (Å²) < 4.78 is 1.17. The first-order valence-corrected chi connectivity index (χ1v) is 6.84. The second-order valence-electron chi connectivity index (χ2n) is 4.60. The molecule has 1 saturated heterocycles. The van der Waals surface area contributed by atoms with Crippen LogP contribution in [0.25, 0.3) is 10.2 Å². The van der Waals surface area contributed by atoms with Crippen LogP contribution in [-0.2, 0) is 0 Å². The molecule has 17 heavy (non-hydrogen) atoms. The lowest BCUT2D eigenvalue weighted by atomic mass is 10.1. The SMILES string of the molecule is CN1CCCC(Nc2ncnc3ccsc23)C1. The molecule has 90 valence electrons. The van der Waals surface area contributed by atoms with Gasteiger partial charge in [0.25, 0.3) is 0 Å². The molecule has 3 heterocycles. The van der Waals surface area contributed by atoms with Gasteiger partial charge in [0.15, 0.2) is 0 Å². The number of likely N-dealkylation sites (N-methyl/N-ethyl adjacent to an activating group) is 1. The van der Waals surface area contributed by atoms with Crippen molar-refractivity contribution in [2.45, 2.75) is 18.9 Å². The van der Waals surface area contributed by atoms with E-state index in [4.69, 9.17) is 0 Å². The van der Waals surface area contributed by atoms with Gasteiger partial charge in [0.1, 0.15) is 12.1 Å². The summed E-state index contributed by atoms with van der Waals surface area (Å²) in [6.45, 7) is 2.30. The van der Waals surface area contributed by atoms with Gasteiger partial charge in [0, 0.05) is 12.6 Å². The van der Waals surface area contributed by atoms with Crippen LogP contribution in [0.15, 0.2) is 17.8 Å². The lowest BCUT2D eigenvalue weighted by Gasteiger charge is -2.30. The third kappa shape index (κ3) is 2.25. The molecule has 0 radical (unpaired) electrons. The van der Waals surface area contributed by atoms with Crippen LogP contribution < -0.4 is 5.32 Å². The summed E-state index contributed by atoms with van der Waals surface area (Å²) in [5.74, 6) is 0.991. The minimum Gasteiger partial charge on any atom is -0.365 e. The number of thiophene rings is 1. The molecular formula is C12H16N4S. The van der Waals surface area contributed by atoms with Crippen LogP contribution in [0.1, 0.15) is 12.8 Å². The van der Waals surface area contributed by atoms with E-state index in [9.17, 15) is 0 Å². The predicted molar refractivity (Wildman–Crippen MR) is 71.6 cm³/mol. The van der Waals surface area contributed by atoms with Gasteiger partial charge in [0.05, 0.1) is 10.2 Å². The maximum atomic E-state index is 4.37. The predicted octanol–water partition coefficient (Wildman–Crippen LogP) is 2.20. The third-order valence-electron chi connectivity index (χ3n) is 3.21. The van der Waals surface area contributed by atoms with Crippen LogP contribution in [0.4, 0.5) is 5.82 Å². The zero-order valence-electron chi connectivity index (χ0n) is 9.89. The number of likely N-dealkylation sites (tertiary alicyclic amines) is 1. The molecule has 1 fully saturated rings. The normalized spacial score (nSPS) is 21.8. The molecule has 0 bridgehead atoms. The molecule has 1 atom stereocenters. The fraction of sp³-hybridized carbons (Fsp3) is 0.500. The van der Waals surface area contributed by atoms with E-state index in [1.165, 1.54) is 24.1 Å². The monoisotopic (exact) mass is 248 g/mol. The van der Waals surface area contributed by atoms with Gasteiger partial charge < -0.3 is 10.2 Å². The summed E-state index contributed by atoms with van der Waals surface area (Å²) in [7, 11) is 2.18. The molecule has 0 aliphatic carbocycles. The average molecular weight is 248 g/mol. The first kappa shape index (κ1) is 10.9. The van der Waals surface area contributed by atoms with Crippen LogP contribution in [0.5, 0.6) is 0 Å². The van der Waals surface area contributed by atoms with Crippen molar-refractivity contribution in [1.29, 1.82) is 0 Å². The van der Waals surface area contributed by atoms with E-state index in [1.807, 2.05) is 6.07 Å². The first-order chi connectivity index (χ1) is 8.33. The Morgan fingerprint density at radius 2 is 2.41 bits per heavy atom. The molecular weight excluding hydrogens is 232 g/mol. The molecule has 5 heteroatoms. The zero-order valence-corrected chi connectivity index (χ0v) is 10.7. The van der Waals surface area contributed by atoms with Gasteiger partial charge >= 0.3 is 0 Å². The van der Waals surface area contributed by atoms with Crippen molar-refractivity contribution in [1.82, 2.24) is 14.9 Å². The number of nitrogens with one attached hydrogen (secondary N) is 1. The molecule has 0 amide bonds. The molecule has 1 unspecified atom stereocenters. The zero-order chi connectivity index (χ0) is 11.7. The Morgan fingerprint density at radius 3 is 3.29 bits per heavy atom. The van der Waals surface area contributed by atoms with Crippen molar-refractivity contribution in [2.75, 3.05) is 25.5 Å². The second kappa shape index (κ2) is 4.58.